The van der Waals surface area contributed by atoms with Crippen LogP contribution in [0.4, 0.5) is 0 Å². The summed E-state index contributed by atoms with van der Waals surface area (Å²) in [5, 5.41) is 4.52. The Morgan fingerprint density at radius 1 is 0.929 bits per heavy atom. The highest BCUT2D eigenvalue weighted by Crippen LogP contribution is 2.22. The van der Waals surface area contributed by atoms with E-state index < -0.39 is 0 Å². The minimum absolute atomic E-state index is 1.08. The van der Waals surface area contributed by atoms with Gasteiger partial charge in [-0.2, -0.15) is 0 Å². The van der Waals surface area contributed by atoms with E-state index >= 15 is 0 Å². The predicted molar refractivity (Wildman–Crippen MR) is 55.9 cm³/mol. The van der Waals surface area contributed by atoms with Gasteiger partial charge in [0.1, 0.15) is 0 Å². The lowest BCUT2D eigenvalue weighted by Gasteiger charge is -2.00. The Balaban J connectivity index is 2.61. The summed E-state index contributed by atoms with van der Waals surface area (Å²) >= 11 is 0. The van der Waals surface area contributed by atoms with Crippen molar-refractivity contribution in [3.8, 4) is 0 Å². The number of aromatic nitrogens is 2. The third-order valence-electron chi connectivity index (χ3n) is 2.36. The second-order valence-corrected chi connectivity index (χ2v) is 3.18. The van der Waals surface area contributed by atoms with E-state index in [4.69, 9.17) is 0 Å². The van der Waals surface area contributed by atoms with Crippen molar-refractivity contribution in [2.24, 2.45) is 0 Å². The van der Waals surface area contributed by atoms with Gasteiger partial charge < -0.3 is 0 Å². The first kappa shape index (κ1) is 7.44. The van der Waals surface area contributed by atoms with Gasteiger partial charge >= 0.3 is 0 Å². The highest BCUT2D eigenvalue weighted by Gasteiger charge is 1.98. The zero-order valence-corrected chi connectivity index (χ0v) is 7.44. The molecule has 0 fully saturated rings. The fourth-order valence-corrected chi connectivity index (χ4v) is 1.67. The molecule has 0 aliphatic rings. The van der Waals surface area contributed by atoms with E-state index in [2.05, 4.69) is 28.2 Å². The third kappa shape index (κ3) is 0.973. The fourth-order valence-electron chi connectivity index (χ4n) is 1.67. The molecule has 3 rings (SSSR count). The number of fused-ring (bicyclic) bond motifs is 3. The highest BCUT2D eigenvalue weighted by molar-refractivity contribution is 6.06. The standard InChI is InChI=1S/C12H7N2/c1-2-10-4-6-14-8-12(10)11-7-13-5-3-9(1)11/h1-3,5-8H. The lowest BCUT2D eigenvalue weighted by Crippen LogP contribution is -1.80. The van der Waals surface area contributed by atoms with Crippen molar-refractivity contribution in [2.75, 3.05) is 0 Å². The maximum atomic E-state index is 4.12. The first-order chi connectivity index (χ1) is 6.95. The van der Waals surface area contributed by atoms with Crippen molar-refractivity contribution in [1.82, 2.24) is 9.97 Å². The van der Waals surface area contributed by atoms with Gasteiger partial charge in [-0.3, -0.25) is 9.97 Å². The van der Waals surface area contributed by atoms with Gasteiger partial charge in [0, 0.05) is 41.6 Å². The normalized spacial score (nSPS) is 10.9. The molecule has 14 heavy (non-hydrogen) atoms. The minimum atomic E-state index is 1.08. The van der Waals surface area contributed by atoms with Crippen LogP contribution in [0.1, 0.15) is 0 Å². The van der Waals surface area contributed by atoms with E-state index in [1.54, 1.807) is 12.4 Å². The van der Waals surface area contributed by atoms with Crippen LogP contribution in [0.15, 0.2) is 43.0 Å². The quantitative estimate of drug-likeness (QED) is 0.496. The van der Waals surface area contributed by atoms with E-state index in [9.17, 15) is 0 Å². The van der Waals surface area contributed by atoms with E-state index in [1.807, 2.05) is 18.5 Å². The number of benzene rings is 1. The summed E-state index contributed by atoms with van der Waals surface area (Å²) < 4.78 is 0. The van der Waals surface area contributed by atoms with E-state index in [0.29, 0.717) is 0 Å². The van der Waals surface area contributed by atoms with Gasteiger partial charge in [0.2, 0.25) is 0 Å². The van der Waals surface area contributed by atoms with Crippen molar-refractivity contribution in [3.05, 3.63) is 49.1 Å². The molecule has 3 aromatic rings. The SMILES string of the molecule is [c]1cncc2c1ccc1ccncc12. The van der Waals surface area contributed by atoms with Crippen LogP contribution >= 0.6 is 0 Å². The largest absolute Gasteiger partial charge is 0.264 e. The Morgan fingerprint density at radius 3 is 2.86 bits per heavy atom. The average Bonchev–Trinajstić information content (AvgIpc) is 2.29. The zero-order valence-electron chi connectivity index (χ0n) is 7.44. The molecule has 2 aromatic heterocycles. The molecular weight excluding hydrogens is 172 g/mol. The van der Waals surface area contributed by atoms with Gasteiger partial charge in [0.05, 0.1) is 0 Å². The van der Waals surface area contributed by atoms with Gasteiger partial charge in [-0.1, -0.05) is 12.1 Å². The first-order valence-corrected chi connectivity index (χ1v) is 4.43. The van der Waals surface area contributed by atoms with Gasteiger partial charge in [-0.05, 0) is 16.8 Å². The van der Waals surface area contributed by atoms with Crippen molar-refractivity contribution in [3.63, 3.8) is 0 Å². The Bertz CT molecular complexity index is 547. The van der Waals surface area contributed by atoms with Crippen LogP contribution in [0.5, 0.6) is 0 Å². The summed E-state index contributed by atoms with van der Waals surface area (Å²) in [6.45, 7) is 0. The van der Waals surface area contributed by atoms with Crippen LogP contribution in [-0.4, -0.2) is 9.97 Å². The number of nitrogens with zero attached hydrogens (tertiary/aromatic N) is 2. The maximum absolute atomic E-state index is 4.12. The van der Waals surface area contributed by atoms with Gasteiger partial charge in [0.15, 0.2) is 0 Å². The van der Waals surface area contributed by atoms with Crippen LogP contribution in [0.3, 0.4) is 0 Å². The molecule has 2 heterocycles. The molecule has 0 bridgehead atoms. The summed E-state index contributed by atoms with van der Waals surface area (Å²) in [5.41, 5.74) is 0. The Hall–Kier alpha value is -1.96. The monoisotopic (exact) mass is 179 g/mol. The van der Waals surface area contributed by atoms with Crippen LogP contribution < -0.4 is 0 Å². The van der Waals surface area contributed by atoms with Crippen LogP contribution in [-0.2, 0) is 0 Å². The summed E-state index contributed by atoms with van der Waals surface area (Å²) in [6.07, 6.45) is 7.21. The number of hydrogen-bond acceptors (Lipinski definition) is 2. The highest BCUT2D eigenvalue weighted by atomic mass is 14.6. The molecule has 0 saturated heterocycles. The molecule has 2 nitrogen and oxygen atoms in total. The van der Waals surface area contributed by atoms with Crippen LogP contribution in [0.25, 0.3) is 21.5 Å². The van der Waals surface area contributed by atoms with Gasteiger partial charge in [0.25, 0.3) is 0 Å². The molecule has 65 valence electrons. The predicted octanol–water partition coefficient (Wildman–Crippen LogP) is 2.58. The molecule has 0 atom stereocenters. The zero-order chi connectivity index (χ0) is 9.38. The van der Waals surface area contributed by atoms with Crippen molar-refractivity contribution in [2.45, 2.75) is 0 Å². The lowest BCUT2D eigenvalue weighted by molar-refractivity contribution is 1.35. The molecule has 1 radical (unpaired) electrons. The second-order valence-electron chi connectivity index (χ2n) is 3.18. The second kappa shape index (κ2) is 2.77. The molecule has 1 aromatic carbocycles. The average molecular weight is 179 g/mol. The lowest BCUT2D eigenvalue weighted by atomic mass is 10.1. The molecule has 0 aliphatic carbocycles. The molecule has 0 aliphatic heterocycles. The maximum Gasteiger partial charge on any atom is 0.0353 e. The van der Waals surface area contributed by atoms with E-state index in [-0.39, 0.29) is 0 Å². The Kier molecular flexibility index (Phi) is 1.47. The van der Waals surface area contributed by atoms with Crippen molar-refractivity contribution >= 4 is 21.5 Å². The van der Waals surface area contributed by atoms with Crippen LogP contribution in [0.2, 0.25) is 0 Å². The summed E-state index contributed by atoms with van der Waals surface area (Å²) in [5.74, 6) is 0. The topological polar surface area (TPSA) is 25.8 Å². The third-order valence-corrected chi connectivity index (χ3v) is 2.36. The summed E-state index contributed by atoms with van der Waals surface area (Å²) in [6, 6.07) is 9.24. The summed E-state index contributed by atoms with van der Waals surface area (Å²) in [4.78, 5) is 8.20. The van der Waals surface area contributed by atoms with Crippen molar-refractivity contribution < 1.29 is 0 Å². The minimum Gasteiger partial charge on any atom is -0.264 e. The summed E-state index contributed by atoms with van der Waals surface area (Å²) in [7, 11) is 0. The van der Waals surface area contributed by atoms with E-state index in [1.165, 1.54) is 5.39 Å². The number of rotatable bonds is 0. The smallest absolute Gasteiger partial charge is 0.0353 e. The molecule has 0 saturated carbocycles. The van der Waals surface area contributed by atoms with Gasteiger partial charge in [-0.15, -0.1) is 0 Å². The van der Waals surface area contributed by atoms with Crippen molar-refractivity contribution in [1.29, 1.82) is 0 Å². The Labute approximate surface area is 81.2 Å². The number of hydrogen-bond donors (Lipinski definition) is 0. The van der Waals surface area contributed by atoms with Crippen LogP contribution in [0, 0.1) is 6.07 Å². The van der Waals surface area contributed by atoms with E-state index in [0.717, 1.165) is 16.2 Å². The Morgan fingerprint density at radius 2 is 1.86 bits per heavy atom. The molecule has 0 amide bonds. The molecule has 0 unspecified atom stereocenters. The number of pyridine rings is 2. The molecule has 0 spiro atoms. The molecule has 2 heteroatoms. The molecule has 0 N–H and O–H groups in total. The fraction of sp³-hybridized carbons (Fsp3) is 0. The first-order valence-electron chi connectivity index (χ1n) is 4.43. The van der Waals surface area contributed by atoms with Gasteiger partial charge in [-0.25, -0.2) is 0 Å². The molecular formula is C12H7N2.